The largest absolute Gasteiger partial charge is 1.00 e. The van der Waals surface area contributed by atoms with Crippen molar-refractivity contribution in [3.05, 3.63) is 254 Å². The van der Waals surface area contributed by atoms with Gasteiger partial charge in [-0.05, 0) is 102 Å². The van der Waals surface area contributed by atoms with Gasteiger partial charge in [0.05, 0.1) is 37.1 Å². The molecule has 0 nitrogen and oxygen atoms in total. The second kappa shape index (κ2) is 21.7. The van der Waals surface area contributed by atoms with E-state index in [1.807, 2.05) is 12.1 Å². The fourth-order valence-electron chi connectivity index (χ4n) is 9.41. The molecule has 0 aliphatic heterocycles. The van der Waals surface area contributed by atoms with Crippen LogP contribution in [0.15, 0.2) is 231 Å². The minimum Gasteiger partial charge on any atom is -0.366 e. The third kappa shape index (κ3) is 9.54. The van der Waals surface area contributed by atoms with Gasteiger partial charge in [-0.2, -0.15) is 0 Å². The molecular formula is C62H44Au2P2+2. The zero-order valence-corrected chi connectivity index (χ0v) is 42.3. The predicted molar refractivity (Wildman–Crippen MR) is 283 cm³/mol. The normalized spacial score (nSPS) is 10.8. The van der Waals surface area contributed by atoms with Gasteiger partial charge in [0.15, 0.2) is 0 Å². The van der Waals surface area contributed by atoms with Crippen molar-refractivity contribution >= 4 is 102 Å². The quantitative estimate of drug-likeness (QED) is 0.0490. The Bertz CT molecular complexity index is 3230. The monoisotopic (exact) mass is 1240 g/mol. The summed E-state index contributed by atoms with van der Waals surface area (Å²) in [5.41, 5.74) is 1.72. The molecule has 0 spiro atoms. The third-order valence-corrected chi connectivity index (χ3v) is 18.6. The topological polar surface area (TPSA) is 0 Å². The maximum atomic E-state index is 7.41. The molecule has 0 aliphatic carbocycles. The molecule has 12 rings (SSSR count). The summed E-state index contributed by atoms with van der Waals surface area (Å²) in [5, 5.41) is 20.9. The molecule has 0 N–H and O–H groups in total. The number of hydrogen-bond acceptors (Lipinski definition) is 0. The first-order valence-corrected chi connectivity index (χ1v) is 25.2. The molecule has 0 heterocycles. The summed E-state index contributed by atoms with van der Waals surface area (Å²) >= 11 is 0. The Kier molecular flexibility index (Phi) is 15.3. The van der Waals surface area contributed by atoms with Crippen molar-refractivity contribution in [1.82, 2.24) is 0 Å². The van der Waals surface area contributed by atoms with Crippen LogP contribution in [0, 0.1) is 24.7 Å². The maximum Gasteiger partial charge on any atom is 1.00 e. The Morgan fingerprint density at radius 3 is 0.818 bits per heavy atom. The van der Waals surface area contributed by atoms with Gasteiger partial charge in [-0.15, -0.1) is 23.3 Å². The van der Waals surface area contributed by atoms with Gasteiger partial charge in [0.2, 0.25) is 0 Å². The van der Waals surface area contributed by atoms with Crippen LogP contribution in [0.4, 0.5) is 0 Å². The van der Waals surface area contributed by atoms with Crippen molar-refractivity contribution in [3.8, 4) is 11.8 Å². The number of hydrogen-bond donors (Lipinski definition) is 0. The molecule has 12 aromatic rings. The van der Waals surface area contributed by atoms with E-state index < -0.39 is 15.8 Å². The minimum absolute atomic E-state index is 0. The van der Waals surface area contributed by atoms with Crippen LogP contribution in [-0.4, -0.2) is 12.3 Å². The standard InChI is InChI=1S/C26H24P2.2C18H9.2Au/c1-5-13-23(14-6-1)27(24-15-7-2-8-16-24)21-22-28(25-17-9-3-10-18-25)26-19-11-4-12-20-26;2*1-2-12-6-7-15-9-8-13-4-3-5-14-10-11-16(12)18(15)17(13)14;;/h1-20H,21-22H2;2*3-11H;;/q;2*-1;2*+1/p+2. The fraction of sp³-hybridized carbons (Fsp3) is 0.0323. The predicted octanol–water partition coefficient (Wildman–Crippen LogP) is 13.8. The summed E-state index contributed by atoms with van der Waals surface area (Å²) in [6.45, 7) is 0. The van der Waals surface area contributed by atoms with Crippen molar-refractivity contribution in [1.29, 1.82) is 0 Å². The molecule has 0 radical (unpaired) electrons. The second-order valence-electron chi connectivity index (χ2n) is 16.1. The summed E-state index contributed by atoms with van der Waals surface area (Å²) in [7, 11) is -1.57. The van der Waals surface area contributed by atoms with Gasteiger partial charge in [-0.1, -0.05) is 181 Å². The van der Waals surface area contributed by atoms with Crippen molar-refractivity contribution in [2.75, 3.05) is 12.3 Å². The van der Waals surface area contributed by atoms with E-state index in [9.17, 15) is 0 Å². The van der Waals surface area contributed by atoms with E-state index >= 15 is 0 Å². The van der Waals surface area contributed by atoms with E-state index in [-0.39, 0.29) is 44.8 Å². The van der Waals surface area contributed by atoms with Crippen LogP contribution in [0.1, 0.15) is 11.1 Å². The SMILES string of the molecule is [Au+].[Au+].[C-]#Cc1ccc2ccc3cccc4ccc1c2c34.[C-]#Cc1ccc2ccc3cccc4ccc1c2c34.c1ccc([PH+](CC[PH+](c2ccccc2)c2ccccc2)c2ccccc2)cc1. The third-order valence-electron chi connectivity index (χ3n) is 12.4. The smallest absolute Gasteiger partial charge is 0.366 e. The Balaban J connectivity index is 0.000000137. The van der Waals surface area contributed by atoms with E-state index in [2.05, 4.69) is 230 Å². The Labute approximate surface area is 421 Å². The Hall–Kier alpha value is -5.82. The molecule has 0 aromatic heterocycles. The van der Waals surface area contributed by atoms with Crippen molar-refractivity contribution in [2.45, 2.75) is 0 Å². The fourth-order valence-corrected chi connectivity index (χ4v) is 15.6. The van der Waals surface area contributed by atoms with Crippen LogP contribution in [0.2, 0.25) is 0 Å². The van der Waals surface area contributed by atoms with Crippen molar-refractivity contribution in [2.24, 2.45) is 0 Å². The molecule has 0 amide bonds. The van der Waals surface area contributed by atoms with Crippen LogP contribution < -0.4 is 21.2 Å². The van der Waals surface area contributed by atoms with E-state index in [1.54, 1.807) is 0 Å². The second-order valence-corrected chi connectivity index (χ2v) is 21.3. The summed E-state index contributed by atoms with van der Waals surface area (Å²) in [6, 6.07) is 82.4. The van der Waals surface area contributed by atoms with Gasteiger partial charge >= 0.3 is 44.8 Å². The van der Waals surface area contributed by atoms with Gasteiger partial charge in [-0.25, -0.2) is 0 Å². The van der Waals surface area contributed by atoms with Crippen LogP contribution in [0.3, 0.4) is 0 Å². The van der Waals surface area contributed by atoms with Gasteiger partial charge in [0, 0.05) is 0 Å². The van der Waals surface area contributed by atoms with Gasteiger partial charge in [-0.3, -0.25) is 11.8 Å². The molecular weight excluding hydrogens is 1200 g/mol. The van der Waals surface area contributed by atoms with Crippen LogP contribution in [-0.2, 0) is 44.8 Å². The molecule has 0 bridgehead atoms. The molecule has 12 aromatic carbocycles. The van der Waals surface area contributed by atoms with Crippen LogP contribution in [0.5, 0.6) is 0 Å². The molecule has 0 fully saturated rings. The van der Waals surface area contributed by atoms with E-state index in [0.29, 0.717) is 0 Å². The van der Waals surface area contributed by atoms with Crippen LogP contribution in [0.25, 0.3) is 64.6 Å². The first-order valence-electron chi connectivity index (χ1n) is 21.8. The van der Waals surface area contributed by atoms with Crippen molar-refractivity contribution in [3.63, 3.8) is 0 Å². The molecule has 0 atom stereocenters. The van der Waals surface area contributed by atoms with Gasteiger partial charge in [0.1, 0.15) is 12.3 Å². The average Bonchev–Trinajstić information content (AvgIpc) is 3.37. The minimum atomic E-state index is -0.783. The van der Waals surface area contributed by atoms with Crippen LogP contribution >= 0.6 is 15.8 Å². The Morgan fingerprint density at radius 2 is 0.530 bits per heavy atom. The van der Waals surface area contributed by atoms with Crippen molar-refractivity contribution < 1.29 is 44.8 Å². The van der Waals surface area contributed by atoms with Gasteiger partial charge in [0.25, 0.3) is 0 Å². The molecule has 0 unspecified atom stereocenters. The molecule has 66 heavy (non-hydrogen) atoms. The number of benzene rings is 12. The summed E-state index contributed by atoms with van der Waals surface area (Å²) < 4.78 is 0. The first kappa shape index (κ1) is 46.7. The first-order chi connectivity index (χ1) is 31.7. The summed E-state index contributed by atoms with van der Waals surface area (Å²) in [5.74, 6) is 5.06. The zero-order valence-electron chi connectivity index (χ0n) is 36.0. The van der Waals surface area contributed by atoms with Gasteiger partial charge < -0.3 is 12.8 Å². The molecule has 0 saturated heterocycles. The molecule has 0 aliphatic rings. The Morgan fingerprint density at radius 1 is 0.273 bits per heavy atom. The summed E-state index contributed by atoms with van der Waals surface area (Å²) in [6.07, 6.45) is 17.3. The molecule has 4 heteroatoms. The van der Waals surface area contributed by atoms with E-state index in [0.717, 1.165) is 21.9 Å². The zero-order chi connectivity index (χ0) is 43.2. The molecule has 322 valence electrons. The van der Waals surface area contributed by atoms with E-state index in [1.165, 1.54) is 87.4 Å². The summed E-state index contributed by atoms with van der Waals surface area (Å²) in [4.78, 5) is 0. The maximum absolute atomic E-state index is 7.41. The molecule has 0 saturated carbocycles. The number of rotatable bonds is 7. The average molecular weight is 1240 g/mol. The van der Waals surface area contributed by atoms with E-state index in [4.69, 9.17) is 12.8 Å².